The highest BCUT2D eigenvalue weighted by Crippen LogP contribution is 2.37. The lowest BCUT2D eigenvalue weighted by Gasteiger charge is -2.45. The molecule has 2 heterocycles. The van der Waals surface area contributed by atoms with E-state index in [0.29, 0.717) is 18.7 Å². The summed E-state index contributed by atoms with van der Waals surface area (Å²) in [6.07, 6.45) is -4.17. The zero-order valence-corrected chi connectivity index (χ0v) is 34.6. The predicted octanol–water partition coefficient (Wildman–Crippen LogP) is 7.46. The minimum absolute atomic E-state index is 0.385. The SMILES string of the molecule is COc1ccc(CCn2ccc3cccc(O[C@@H]4O[C@H](COC(=O)C(C)(C)C)[C@@H](OC(=O)C(C)(C)C)[C@H](OC(=O)C(C)(C)C)[C@H]4OC(=O)C(C)(C)C)c32)cc1. The van der Waals surface area contributed by atoms with Crippen molar-refractivity contribution < 1.29 is 52.3 Å². The number of nitrogens with zero attached hydrogens (tertiary/aromatic N) is 1. The molecule has 1 aliphatic heterocycles. The number of hydrogen-bond acceptors (Lipinski definition) is 11. The highest BCUT2D eigenvalue weighted by Gasteiger charge is 2.55. The monoisotopic (exact) mass is 765 g/mol. The Morgan fingerprint density at radius 3 is 1.71 bits per heavy atom. The molecule has 0 amide bonds. The fourth-order valence-electron chi connectivity index (χ4n) is 5.46. The summed E-state index contributed by atoms with van der Waals surface area (Å²) in [6.45, 7) is 20.5. The van der Waals surface area contributed by atoms with Crippen molar-refractivity contribution in [3.63, 3.8) is 0 Å². The third kappa shape index (κ3) is 11.0. The molecule has 0 radical (unpaired) electrons. The molecule has 1 saturated heterocycles. The molecule has 0 spiro atoms. The predicted molar refractivity (Wildman–Crippen MR) is 206 cm³/mol. The summed E-state index contributed by atoms with van der Waals surface area (Å²) in [5.41, 5.74) is -1.98. The number of rotatable bonds is 11. The molecule has 0 N–H and O–H groups in total. The van der Waals surface area contributed by atoms with Crippen molar-refractivity contribution in [2.24, 2.45) is 21.7 Å². The number of fused-ring (bicyclic) bond motifs is 1. The Morgan fingerprint density at radius 2 is 1.18 bits per heavy atom. The maximum Gasteiger partial charge on any atom is 0.311 e. The number of aromatic nitrogens is 1. The number of carbonyl (C=O) groups excluding carboxylic acids is 4. The minimum atomic E-state index is -1.43. The van der Waals surface area contributed by atoms with Crippen LogP contribution >= 0.6 is 0 Å². The van der Waals surface area contributed by atoms with Crippen LogP contribution in [-0.4, -0.2) is 72.9 Å². The van der Waals surface area contributed by atoms with Gasteiger partial charge in [0.25, 0.3) is 0 Å². The molecule has 12 heteroatoms. The lowest BCUT2D eigenvalue weighted by Crippen LogP contribution is -2.64. The van der Waals surface area contributed by atoms with Crippen LogP contribution in [0.2, 0.25) is 0 Å². The second-order valence-corrected chi connectivity index (χ2v) is 18.2. The topological polar surface area (TPSA) is 138 Å². The van der Waals surface area contributed by atoms with Gasteiger partial charge in [-0.05, 0) is 119 Å². The third-order valence-corrected chi connectivity index (χ3v) is 8.94. The number of benzene rings is 2. The van der Waals surface area contributed by atoms with Gasteiger partial charge in [-0.2, -0.15) is 0 Å². The van der Waals surface area contributed by atoms with Gasteiger partial charge in [-0.15, -0.1) is 0 Å². The number of carbonyl (C=O) groups is 4. The molecule has 55 heavy (non-hydrogen) atoms. The van der Waals surface area contributed by atoms with Gasteiger partial charge in [0.15, 0.2) is 12.2 Å². The van der Waals surface area contributed by atoms with Crippen LogP contribution in [0, 0.1) is 21.7 Å². The highest BCUT2D eigenvalue weighted by atomic mass is 16.7. The van der Waals surface area contributed by atoms with Crippen LogP contribution in [0.4, 0.5) is 0 Å². The van der Waals surface area contributed by atoms with Crippen LogP contribution in [-0.2, 0) is 55.8 Å². The normalized spacial score (nSPS) is 20.7. The Labute approximate surface area is 325 Å². The van der Waals surface area contributed by atoms with Crippen molar-refractivity contribution in [1.29, 1.82) is 0 Å². The molecule has 3 aromatic rings. The maximum absolute atomic E-state index is 13.7. The van der Waals surface area contributed by atoms with Gasteiger partial charge in [0.1, 0.15) is 24.2 Å². The van der Waals surface area contributed by atoms with Gasteiger partial charge in [-0.1, -0.05) is 24.3 Å². The van der Waals surface area contributed by atoms with Gasteiger partial charge in [0, 0.05) is 18.1 Å². The largest absolute Gasteiger partial charge is 0.497 e. The average molecular weight is 766 g/mol. The van der Waals surface area contributed by atoms with Gasteiger partial charge in [-0.3, -0.25) is 19.2 Å². The van der Waals surface area contributed by atoms with Crippen LogP contribution < -0.4 is 9.47 Å². The summed E-state index contributed by atoms with van der Waals surface area (Å²) in [5.74, 6) is -1.27. The Balaban J connectivity index is 1.83. The van der Waals surface area contributed by atoms with Gasteiger partial charge >= 0.3 is 23.9 Å². The molecule has 4 rings (SSSR count). The molecule has 2 aromatic carbocycles. The second-order valence-electron chi connectivity index (χ2n) is 18.2. The fourth-order valence-corrected chi connectivity index (χ4v) is 5.46. The Bertz CT molecular complexity index is 1820. The number of para-hydroxylation sites is 1. The summed E-state index contributed by atoms with van der Waals surface area (Å²) >= 11 is 0. The van der Waals surface area contributed by atoms with Crippen molar-refractivity contribution in [2.75, 3.05) is 13.7 Å². The third-order valence-electron chi connectivity index (χ3n) is 8.94. The fraction of sp³-hybridized carbons (Fsp3) is 0.581. The van der Waals surface area contributed by atoms with E-state index in [1.54, 1.807) is 96.3 Å². The van der Waals surface area contributed by atoms with E-state index in [1.807, 2.05) is 48.7 Å². The lowest BCUT2D eigenvalue weighted by molar-refractivity contribution is -0.293. The smallest absolute Gasteiger partial charge is 0.311 e. The van der Waals surface area contributed by atoms with E-state index in [9.17, 15) is 19.2 Å². The Kier molecular flexibility index (Phi) is 13.1. The van der Waals surface area contributed by atoms with E-state index in [0.717, 1.165) is 22.2 Å². The molecule has 0 unspecified atom stereocenters. The van der Waals surface area contributed by atoms with Crippen molar-refractivity contribution >= 4 is 34.8 Å². The number of hydrogen-bond donors (Lipinski definition) is 0. The molecule has 1 fully saturated rings. The van der Waals surface area contributed by atoms with Crippen LogP contribution in [0.5, 0.6) is 11.5 Å². The van der Waals surface area contributed by atoms with Gasteiger partial charge in [0.05, 0.1) is 34.3 Å². The van der Waals surface area contributed by atoms with E-state index < -0.39 is 76.2 Å². The number of aryl methyl sites for hydroxylation is 2. The molecule has 1 aliphatic rings. The van der Waals surface area contributed by atoms with Gasteiger partial charge < -0.3 is 37.7 Å². The second kappa shape index (κ2) is 16.6. The first-order valence-corrected chi connectivity index (χ1v) is 18.7. The van der Waals surface area contributed by atoms with Crippen molar-refractivity contribution in [3.05, 3.63) is 60.3 Å². The van der Waals surface area contributed by atoms with Crippen molar-refractivity contribution in [1.82, 2.24) is 4.57 Å². The highest BCUT2D eigenvalue weighted by molar-refractivity contribution is 5.86. The van der Waals surface area contributed by atoms with Crippen LogP contribution in [0.3, 0.4) is 0 Å². The maximum atomic E-state index is 13.7. The van der Waals surface area contributed by atoms with Crippen LogP contribution in [0.25, 0.3) is 10.9 Å². The first-order chi connectivity index (χ1) is 25.4. The summed E-state index contributed by atoms with van der Waals surface area (Å²) in [5, 5.41) is 0.884. The zero-order valence-electron chi connectivity index (χ0n) is 34.6. The van der Waals surface area contributed by atoms with Gasteiger partial charge in [-0.25, -0.2) is 0 Å². The Hall–Kier alpha value is -4.58. The van der Waals surface area contributed by atoms with Crippen LogP contribution in [0.15, 0.2) is 54.7 Å². The standard InChI is InChI=1S/C43H59NO11/c1-40(2,3)36(45)50-25-30-32(53-37(46)41(4,5)6)33(54-38(47)42(7,8)9)34(55-39(48)43(10,11)12)35(52-30)51-29-16-14-15-27-22-24-44(31(27)29)23-21-26-17-19-28(49-13)20-18-26/h14-20,22,24,30,32-35H,21,23,25H2,1-13H3/t30-,32-,33+,34-,35-/m1/s1. The first kappa shape index (κ1) is 43.2. The molecule has 0 aliphatic carbocycles. The molecule has 0 saturated carbocycles. The van der Waals surface area contributed by atoms with Crippen LogP contribution in [0.1, 0.15) is 88.6 Å². The molecule has 1 aromatic heterocycles. The zero-order chi connectivity index (χ0) is 41.1. The molecule has 0 bridgehead atoms. The molecular weight excluding hydrogens is 706 g/mol. The number of esters is 4. The van der Waals surface area contributed by atoms with E-state index >= 15 is 0 Å². The number of methoxy groups -OCH3 is 1. The average Bonchev–Trinajstić information content (AvgIpc) is 3.51. The van der Waals surface area contributed by atoms with Gasteiger partial charge in [0.2, 0.25) is 12.4 Å². The summed E-state index contributed by atoms with van der Waals surface area (Å²) in [4.78, 5) is 54.0. The van der Waals surface area contributed by atoms with E-state index in [1.165, 1.54) is 0 Å². The summed E-state index contributed by atoms with van der Waals surface area (Å²) in [6, 6.07) is 15.4. The molecule has 5 atom stereocenters. The number of ether oxygens (including phenoxy) is 7. The molecule has 302 valence electrons. The molecular formula is C43H59NO11. The summed E-state index contributed by atoms with van der Waals surface area (Å²) < 4.78 is 44.8. The minimum Gasteiger partial charge on any atom is -0.497 e. The van der Waals surface area contributed by atoms with E-state index in [-0.39, 0.29) is 6.61 Å². The Morgan fingerprint density at radius 1 is 0.655 bits per heavy atom. The lowest BCUT2D eigenvalue weighted by atomic mass is 9.93. The quantitative estimate of drug-likeness (QED) is 0.142. The summed E-state index contributed by atoms with van der Waals surface area (Å²) in [7, 11) is 1.63. The van der Waals surface area contributed by atoms with Crippen molar-refractivity contribution in [2.45, 2.75) is 127 Å². The van der Waals surface area contributed by atoms with Crippen molar-refractivity contribution in [3.8, 4) is 11.5 Å². The first-order valence-electron chi connectivity index (χ1n) is 18.7. The molecule has 12 nitrogen and oxygen atoms in total. The van der Waals surface area contributed by atoms with E-state index in [4.69, 9.17) is 33.2 Å². The van der Waals surface area contributed by atoms with E-state index in [2.05, 4.69) is 4.57 Å².